The van der Waals surface area contributed by atoms with E-state index in [1.165, 1.54) is 0 Å². The van der Waals surface area contributed by atoms with Gasteiger partial charge < -0.3 is 12.0 Å². The molecule has 0 aromatic heterocycles. The first-order chi connectivity index (χ1) is 3.27. The van der Waals surface area contributed by atoms with Gasteiger partial charge in [0.25, 0.3) is 0 Å². The van der Waals surface area contributed by atoms with Crippen molar-refractivity contribution in [2.24, 2.45) is 0 Å². The Morgan fingerprint density at radius 2 is 2.00 bits per heavy atom. The summed E-state index contributed by atoms with van der Waals surface area (Å²) in [5.41, 5.74) is 0. The Labute approximate surface area is 106 Å². The summed E-state index contributed by atoms with van der Waals surface area (Å²) in [7, 11) is -1.29. The third-order valence-electron chi connectivity index (χ3n) is 0.537. The van der Waals surface area contributed by atoms with Crippen LogP contribution in [0.5, 0.6) is 0 Å². The number of rotatable bonds is 3. The first kappa shape index (κ1) is 22.8. The molecule has 5 heteroatoms. The number of hydrogen-bond donors (Lipinski definition) is 0. The molecule has 0 aromatic carbocycles. The topological polar surface area (TPSA) is 17.1 Å². The molecule has 0 N–H and O–H groups in total. The minimum absolute atomic E-state index is 0. The summed E-state index contributed by atoms with van der Waals surface area (Å²) in [6.07, 6.45) is 3.86. The fourth-order valence-electron chi connectivity index (χ4n) is 0.201. The van der Waals surface area contributed by atoms with Crippen LogP contribution in [0, 0.1) is 13.6 Å². The second-order valence-corrected chi connectivity index (χ2v) is 3.81. The average molecular weight is 292 g/mol. The minimum Gasteiger partial charge on any atom is -0.361 e. The molecule has 10 heavy (non-hydrogen) atoms. The summed E-state index contributed by atoms with van der Waals surface area (Å²) < 4.78 is 10.3. The van der Waals surface area contributed by atoms with E-state index in [-0.39, 0.29) is 58.7 Å². The number of hydrogen-bond acceptors (Lipinski definition) is 2. The first-order valence-electron chi connectivity index (χ1n) is 2.10. The smallest absolute Gasteiger partial charge is 0 e. The van der Waals surface area contributed by atoms with E-state index in [9.17, 15) is 4.57 Å². The summed E-state index contributed by atoms with van der Waals surface area (Å²) in [4.78, 5) is 0. The molecule has 0 rings (SSSR count). The SMILES string of the molecule is CSC[CH-][PH](C)=O.[CH3-].[V].[Y]. The van der Waals surface area contributed by atoms with Crippen molar-refractivity contribution >= 4 is 19.6 Å². The first-order valence-corrected chi connectivity index (χ1v) is 5.48. The molecule has 0 saturated heterocycles. The summed E-state index contributed by atoms with van der Waals surface area (Å²) in [5.74, 6) is 0.925. The molecule has 1 unspecified atom stereocenters. The van der Waals surface area contributed by atoms with Gasteiger partial charge in [0.1, 0.15) is 0 Å². The van der Waals surface area contributed by atoms with E-state index in [1.54, 1.807) is 18.4 Å². The van der Waals surface area contributed by atoms with Crippen molar-refractivity contribution in [2.75, 3.05) is 18.7 Å². The maximum atomic E-state index is 10.3. The quantitative estimate of drug-likeness (QED) is 0.585. The van der Waals surface area contributed by atoms with Crippen molar-refractivity contribution in [2.45, 2.75) is 0 Å². The molecule has 0 saturated carbocycles. The van der Waals surface area contributed by atoms with Crippen molar-refractivity contribution in [3.63, 3.8) is 0 Å². The Morgan fingerprint density at radius 3 is 2.10 bits per heavy atom. The van der Waals surface area contributed by atoms with Gasteiger partial charge in [-0.3, -0.25) is 6.16 Å². The van der Waals surface area contributed by atoms with Gasteiger partial charge in [-0.15, -0.1) is 5.75 Å². The zero-order valence-corrected chi connectivity index (χ0v) is 12.7. The molecular weight excluding hydrogens is 279 g/mol. The van der Waals surface area contributed by atoms with Gasteiger partial charge in [-0.2, -0.15) is 11.8 Å². The predicted molar refractivity (Wildman–Crippen MR) is 44.0 cm³/mol. The van der Waals surface area contributed by atoms with Crippen LogP contribution < -0.4 is 0 Å². The molecule has 0 aromatic rings. The zero-order valence-electron chi connectivity index (χ0n) is 6.63. The standard InChI is InChI=1S/C4H10OPS.CH3.V.Y/c1-6(5)3-4-7-2;;;/h3,6H,4H2,1-2H3;1H3;;/q2*-1;;. The van der Waals surface area contributed by atoms with E-state index in [4.69, 9.17) is 0 Å². The largest absolute Gasteiger partial charge is 0.361 e. The fourth-order valence-corrected chi connectivity index (χ4v) is 1.81. The third kappa shape index (κ3) is 22.4. The molecule has 0 aliphatic rings. The van der Waals surface area contributed by atoms with Crippen molar-refractivity contribution in [1.82, 2.24) is 0 Å². The van der Waals surface area contributed by atoms with Gasteiger partial charge in [0.2, 0.25) is 0 Å². The summed E-state index contributed by atoms with van der Waals surface area (Å²) in [5, 5.41) is 0. The second kappa shape index (κ2) is 17.4. The second-order valence-electron chi connectivity index (χ2n) is 1.27. The predicted octanol–water partition coefficient (Wildman–Crippen LogP) is 2.15. The van der Waals surface area contributed by atoms with Crippen LogP contribution in [0.15, 0.2) is 0 Å². The van der Waals surface area contributed by atoms with Crippen LogP contribution in [0.4, 0.5) is 0 Å². The van der Waals surface area contributed by atoms with Gasteiger partial charge in [0.15, 0.2) is 0 Å². The molecule has 0 fully saturated rings. The molecule has 1 nitrogen and oxygen atoms in total. The van der Waals surface area contributed by atoms with Crippen LogP contribution in [0.3, 0.4) is 0 Å². The molecule has 60 valence electrons. The number of thioether (sulfide) groups is 1. The Morgan fingerprint density at radius 1 is 1.60 bits per heavy atom. The van der Waals surface area contributed by atoms with E-state index < -0.39 is 7.80 Å². The van der Waals surface area contributed by atoms with Crippen LogP contribution in [-0.4, -0.2) is 18.7 Å². The zero-order chi connectivity index (χ0) is 5.70. The molecule has 0 amide bonds. The van der Waals surface area contributed by atoms with Gasteiger partial charge in [-0.1, -0.05) is 7.80 Å². The average Bonchev–Trinajstić information content (AvgIpc) is 1.61. The Balaban J connectivity index is -0.0000000600. The van der Waals surface area contributed by atoms with Crippen LogP contribution >= 0.6 is 19.6 Å². The monoisotopic (exact) mass is 292 g/mol. The van der Waals surface area contributed by atoms with Gasteiger partial charge in [0.05, 0.1) is 0 Å². The fraction of sp³-hybridized carbons (Fsp3) is 0.600. The van der Waals surface area contributed by atoms with Gasteiger partial charge in [-0.25, -0.2) is 0 Å². The van der Waals surface area contributed by atoms with E-state index in [0.717, 1.165) is 5.75 Å². The van der Waals surface area contributed by atoms with E-state index in [1.807, 2.05) is 12.4 Å². The van der Waals surface area contributed by atoms with Crippen LogP contribution in [0.1, 0.15) is 0 Å². The van der Waals surface area contributed by atoms with E-state index >= 15 is 0 Å². The molecule has 0 aliphatic heterocycles. The molecule has 2 radical (unpaired) electrons. The maximum absolute atomic E-state index is 10.3. The van der Waals surface area contributed by atoms with Crippen molar-refractivity contribution in [3.05, 3.63) is 13.6 Å². The van der Waals surface area contributed by atoms with Gasteiger partial charge in [-0.05, 0) is 12.9 Å². The van der Waals surface area contributed by atoms with Crippen LogP contribution in [0.25, 0.3) is 0 Å². The summed E-state index contributed by atoms with van der Waals surface area (Å²) in [6, 6.07) is 0. The van der Waals surface area contributed by atoms with Crippen molar-refractivity contribution < 1.29 is 55.8 Å². The summed E-state index contributed by atoms with van der Waals surface area (Å²) >= 11 is 1.70. The molecule has 0 aliphatic carbocycles. The van der Waals surface area contributed by atoms with Crippen molar-refractivity contribution in [1.29, 1.82) is 0 Å². The minimum atomic E-state index is -1.29. The molecule has 1 atom stereocenters. The normalized spacial score (nSPS) is 9.80. The Hall–Kier alpha value is 2.27. The Bertz CT molecular complexity index is 74.7. The summed E-state index contributed by atoms with van der Waals surface area (Å²) in [6.45, 7) is 1.75. The molecule has 0 spiro atoms. The van der Waals surface area contributed by atoms with Crippen LogP contribution in [0.2, 0.25) is 0 Å². The molecular formula is C5H13OPSVY-2. The van der Waals surface area contributed by atoms with Crippen molar-refractivity contribution in [3.8, 4) is 0 Å². The third-order valence-corrected chi connectivity index (χ3v) is 2.11. The molecule has 0 heterocycles. The van der Waals surface area contributed by atoms with Gasteiger partial charge >= 0.3 is 0 Å². The molecule has 0 bridgehead atoms. The Kier molecular flexibility index (Phi) is 39.6. The van der Waals surface area contributed by atoms with E-state index in [2.05, 4.69) is 0 Å². The maximum Gasteiger partial charge on any atom is 0 e. The van der Waals surface area contributed by atoms with Crippen LogP contribution in [-0.2, 0) is 55.8 Å². The van der Waals surface area contributed by atoms with Gasteiger partial charge in [0, 0.05) is 51.3 Å². The van der Waals surface area contributed by atoms with E-state index in [0.29, 0.717) is 0 Å².